The fourth-order valence-electron chi connectivity index (χ4n) is 3.30. The van der Waals surface area contributed by atoms with Gasteiger partial charge in [-0.2, -0.15) is 18.3 Å². The van der Waals surface area contributed by atoms with E-state index in [0.29, 0.717) is 23.2 Å². The van der Waals surface area contributed by atoms with Crippen molar-refractivity contribution in [1.82, 2.24) is 14.8 Å². The summed E-state index contributed by atoms with van der Waals surface area (Å²) in [5.41, 5.74) is -0.478. The average Bonchev–Trinajstić information content (AvgIpc) is 3.02. The molecule has 2 heterocycles. The van der Waals surface area contributed by atoms with Crippen LogP contribution in [0, 0.1) is 5.92 Å². The summed E-state index contributed by atoms with van der Waals surface area (Å²) in [7, 11) is 0. The molecule has 0 radical (unpaired) electrons. The minimum Gasteiger partial charge on any atom is -0.319 e. The number of amides is 1. The molecule has 0 aliphatic heterocycles. The topological polar surface area (TPSA) is 59.8 Å². The van der Waals surface area contributed by atoms with E-state index in [1.165, 1.54) is 6.07 Å². The van der Waals surface area contributed by atoms with Crippen LogP contribution in [-0.4, -0.2) is 25.1 Å². The maximum absolute atomic E-state index is 12.8. The molecule has 0 bridgehead atoms. The molecule has 1 fully saturated rings. The van der Waals surface area contributed by atoms with E-state index in [1.807, 2.05) is 10.9 Å². The van der Waals surface area contributed by atoms with Gasteiger partial charge in [0, 0.05) is 16.0 Å². The van der Waals surface area contributed by atoms with Crippen LogP contribution in [0.3, 0.4) is 0 Å². The Kier molecular flexibility index (Phi) is 5.45. The molecular formula is C19H15ClF3IN4O. The first-order valence-electron chi connectivity index (χ1n) is 8.84. The first-order chi connectivity index (χ1) is 13.7. The first-order valence-corrected chi connectivity index (χ1v) is 10.7. The molecule has 29 heavy (non-hydrogen) atoms. The van der Waals surface area contributed by atoms with E-state index >= 15 is 0 Å². The largest absolute Gasteiger partial charge is 0.433 e. The Balaban J connectivity index is 1.56. The third kappa shape index (κ3) is 4.20. The molecule has 1 N–H and O–H groups in total. The van der Waals surface area contributed by atoms with Crippen LogP contribution in [0.5, 0.6) is 0 Å². The van der Waals surface area contributed by atoms with Crippen LogP contribution in [0.1, 0.15) is 35.1 Å². The van der Waals surface area contributed by atoms with Crippen LogP contribution in [0.2, 0.25) is 5.02 Å². The smallest absolute Gasteiger partial charge is 0.319 e. The van der Waals surface area contributed by atoms with Crippen molar-refractivity contribution in [3.8, 4) is 0 Å². The molecule has 0 saturated heterocycles. The van der Waals surface area contributed by atoms with Crippen molar-refractivity contribution in [2.45, 2.75) is 25.1 Å². The van der Waals surface area contributed by atoms with E-state index in [1.54, 1.807) is 12.1 Å². The molecular weight excluding hydrogens is 520 g/mol. The fraction of sp³-hybridized carbons (Fsp3) is 0.316. The van der Waals surface area contributed by atoms with Crippen LogP contribution in [0.15, 0.2) is 36.5 Å². The zero-order valence-electron chi connectivity index (χ0n) is 14.9. The number of halogens is 5. The Morgan fingerprint density at radius 1 is 1.31 bits per heavy atom. The molecule has 1 aromatic carbocycles. The van der Waals surface area contributed by atoms with Crippen molar-refractivity contribution < 1.29 is 18.0 Å². The third-order valence-electron chi connectivity index (χ3n) is 4.93. The minimum atomic E-state index is -4.63. The maximum atomic E-state index is 12.8. The normalized spacial score (nSPS) is 19.2. The number of benzene rings is 1. The van der Waals surface area contributed by atoms with Crippen molar-refractivity contribution in [3.05, 3.63) is 52.9 Å². The summed E-state index contributed by atoms with van der Waals surface area (Å²) >= 11 is 8.64. The fourth-order valence-corrected chi connectivity index (χ4v) is 4.22. The van der Waals surface area contributed by atoms with Crippen molar-refractivity contribution >= 4 is 56.7 Å². The summed E-state index contributed by atoms with van der Waals surface area (Å²) in [6.07, 6.45) is -0.567. The summed E-state index contributed by atoms with van der Waals surface area (Å²) < 4.78 is 41.5. The summed E-state index contributed by atoms with van der Waals surface area (Å²) in [6, 6.07) is 6.83. The van der Waals surface area contributed by atoms with Gasteiger partial charge in [0.15, 0.2) is 0 Å². The monoisotopic (exact) mass is 534 g/mol. The van der Waals surface area contributed by atoms with Crippen LogP contribution >= 0.6 is 34.2 Å². The Hall–Kier alpha value is -1.88. The molecule has 1 aliphatic carbocycles. The molecule has 0 unspecified atom stereocenters. The lowest BCUT2D eigenvalue weighted by Crippen LogP contribution is -2.27. The average molecular weight is 535 g/mol. The molecule has 1 aliphatic rings. The van der Waals surface area contributed by atoms with Gasteiger partial charge in [0.25, 0.3) is 5.91 Å². The van der Waals surface area contributed by atoms with Gasteiger partial charge < -0.3 is 5.32 Å². The van der Waals surface area contributed by atoms with E-state index in [2.05, 4.69) is 38.0 Å². The van der Waals surface area contributed by atoms with Gasteiger partial charge in [-0.1, -0.05) is 40.3 Å². The molecule has 3 aromatic rings. The molecule has 1 amide bonds. The highest BCUT2D eigenvalue weighted by Gasteiger charge is 2.33. The van der Waals surface area contributed by atoms with Crippen molar-refractivity contribution in [2.75, 3.05) is 9.74 Å². The SMILES string of the molecule is O=C(Nc1cc2cn(C3CC(CI)C3)nc2cc1Cl)c1cccc(C(F)(F)F)n1. The number of nitrogens with zero attached hydrogens (tertiary/aromatic N) is 3. The Bertz CT molecular complexity index is 1080. The molecule has 4 rings (SSSR count). The number of rotatable bonds is 4. The van der Waals surface area contributed by atoms with E-state index in [9.17, 15) is 18.0 Å². The molecule has 5 nitrogen and oxygen atoms in total. The van der Waals surface area contributed by atoms with Gasteiger partial charge in [0.2, 0.25) is 0 Å². The summed E-state index contributed by atoms with van der Waals surface area (Å²) in [4.78, 5) is 15.8. The predicted octanol–water partition coefficient (Wildman–Crippen LogP) is 5.74. The van der Waals surface area contributed by atoms with Crippen molar-refractivity contribution in [2.24, 2.45) is 5.92 Å². The van der Waals surface area contributed by atoms with Crippen LogP contribution in [0.4, 0.5) is 18.9 Å². The number of anilines is 1. The second-order valence-corrected chi connectivity index (χ2v) is 8.29. The quantitative estimate of drug-likeness (QED) is 0.343. The molecule has 0 atom stereocenters. The Labute approximate surface area is 182 Å². The van der Waals surface area contributed by atoms with Crippen molar-refractivity contribution in [1.29, 1.82) is 0 Å². The van der Waals surface area contributed by atoms with Gasteiger partial charge in [-0.05, 0) is 43.0 Å². The van der Waals surface area contributed by atoms with Gasteiger partial charge in [-0.15, -0.1) is 0 Å². The standard InChI is InChI=1S/C19H15ClF3IN4O/c20-13-7-15-11(9-28(27-15)12-4-10(5-12)8-24)6-16(13)26-18(29)14-2-1-3-17(25-14)19(21,22)23/h1-3,6-7,9-10,12H,4-5,8H2,(H,26,29). The highest BCUT2D eigenvalue weighted by molar-refractivity contribution is 14.1. The second-order valence-electron chi connectivity index (χ2n) is 7.01. The lowest BCUT2D eigenvalue weighted by atomic mass is 9.82. The lowest BCUT2D eigenvalue weighted by Gasteiger charge is -2.34. The van der Waals surface area contributed by atoms with E-state index in [4.69, 9.17) is 11.6 Å². The summed E-state index contributed by atoms with van der Waals surface area (Å²) in [6.45, 7) is 0. The highest BCUT2D eigenvalue weighted by Crippen LogP contribution is 2.39. The van der Waals surface area contributed by atoms with Gasteiger partial charge in [-0.3, -0.25) is 9.48 Å². The number of hydrogen-bond donors (Lipinski definition) is 1. The maximum Gasteiger partial charge on any atom is 0.433 e. The number of hydrogen-bond acceptors (Lipinski definition) is 3. The number of aromatic nitrogens is 3. The van der Waals surface area contributed by atoms with E-state index in [0.717, 1.165) is 34.8 Å². The first kappa shape index (κ1) is 20.4. The lowest BCUT2D eigenvalue weighted by molar-refractivity contribution is -0.141. The van der Waals surface area contributed by atoms with Crippen LogP contribution in [-0.2, 0) is 6.18 Å². The van der Waals surface area contributed by atoms with Gasteiger partial charge >= 0.3 is 6.18 Å². The predicted molar refractivity (Wildman–Crippen MR) is 113 cm³/mol. The molecule has 1 saturated carbocycles. The molecule has 2 aromatic heterocycles. The zero-order chi connectivity index (χ0) is 20.8. The molecule has 10 heteroatoms. The number of alkyl halides is 4. The second kappa shape index (κ2) is 7.75. The Morgan fingerprint density at radius 2 is 2.07 bits per heavy atom. The number of nitrogens with one attached hydrogen (secondary N) is 1. The van der Waals surface area contributed by atoms with Crippen LogP contribution in [0.25, 0.3) is 10.9 Å². The molecule has 0 spiro atoms. The number of carbonyl (C=O) groups is 1. The van der Waals surface area contributed by atoms with E-state index in [-0.39, 0.29) is 10.7 Å². The highest BCUT2D eigenvalue weighted by atomic mass is 127. The molecule has 152 valence electrons. The van der Waals surface area contributed by atoms with E-state index < -0.39 is 17.8 Å². The number of carbonyl (C=O) groups excluding carboxylic acids is 1. The Morgan fingerprint density at radius 3 is 2.76 bits per heavy atom. The number of fused-ring (bicyclic) bond motifs is 1. The minimum absolute atomic E-state index is 0.252. The number of pyridine rings is 1. The van der Waals surface area contributed by atoms with Crippen LogP contribution < -0.4 is 5.32 Å². The van der Waals surface area contributed by atoms with Crippen molar-refractivity contribution in [3.63, 3.8) is 0 Å². The zero-order valence-corrected chi connectivity index (χ0v) is 17.8. The summed E-state index contributed by atoms with van der Waals surface area (Å²) in [5.74, 6) is -0.0556. The van der Waals surface area contributed by atoms with Gasteiger partial charge in [-0.25, -0.2) is 4.98 Å². The van der Waals surface area contributed by atoms with Gasteiger partial charge in [0.1, 0.15) is 11.4 Å². The van der Waals surface area contributed by atoms with Gasteiger partial charge in [0.05, 0.1) is 22.3 Å². The summed E-state index contributed by atoms with van der Waals surface area (Å²) in [5, 5.41) is 8.15. The third-order valence-corrected chi connectivity index (χ3v) is 6.49.